The lowest BCUT2D eigenvalue weighted by Crippen LogP contribution is -2.37. The molecule has 194 valence electrons. The number of benzene rings is 1. The molecule has 36 heavy (non-hydrogen) atoms. The Bertz CT molecular complexity index is 1320. The number of halogens is 1. The number of nitrogens with one attached hydrogen (secondary N) is 3. The number of hydrogen-bond acceptors (Lipinski definition) is 8. The molecular formula is C24H32FN7O3S. The van der Waals surface area contributed by atoms with Crippen LogP contribution >= 0.6 is 0 Å². The maximum atomic E-state index is 14.4. The topological polar surface area (TPSA) is 134 Å². The summed E-state index contributed by atoms with van der Waals surface area (Å²) in [4.78, 5) is 13.9. The van der Waals surface area contributed by atoms with Gasteiger partial charge in [0.15, 0.2) is 5.65 Å². The minimum atomic E-state index is -3.27. The Hall–Kier alpha value is -2.83. The molecule has 2 aliphatic carbocycles. The van der Waals surface area contributed by atoms with Crippen molar-refractivity contribution in [2.45, 2.75) is 75.6 Å². The van der Waals surface area contributed by atoms with Gasteiger partial charge in [0.05, 0.1) is 24.2 Å². The van der Waals surface area contributed by atoms with Gasteiger partial charge in [0.25, 0.3) is 0 Å². The van der Waals surface area contributed by atoms with Crippen LogP contribution in [0.15, 0.2) is 30.5 Å². The smallest absolute Gasteiger partial charge is 0.224 e. The molecule has 0 amide bonds. The van der Waals surface area contributed by atoms with Gasteiger partial charge in [0.2, 0.25) is 21.9 Å². The third kappa shape index (κ3) is 5.76. The van der Waals surface area contributed by atoms with Gasteiger partial charge in [0.1, 0.15) is 11.3 Å². The lowest BCUT2D eigenvalue weighted by molar-refractivity contribution is 0.126. The Balaban J connectivity index is 1.45. The molecule has 5 rings (SSSR count). The van der Waals surface area contributed by atoms with Crippen molar-refractivity contribution in [3.63, 3.8) is 0 Å². The van der Waals surface area contributed by atoms with Gasteiger partial charge >= 0.3 is 0 Å². The molecule has 2 aromatic heterocycles. The van der Waals surface area contributed by atoms with E-state index < -0.39 is 10.0 Å². The zero-order valence-corrected chi connectivity index (χ0v) is 21.0. The Morgan fingerprint density at radius 3 is 2.39 bits per heavy atom. The zero-order chi connectivity index (χ0) is 25.3. The first-order chi connectivity index (χ1) is 17.2. The summed E-state index contributed by atoms with van der Waals surface area (Å²) in [5, 5.41) is 16.3. The summed E-state index contributed by atoms with van der Waals surface area (Å²) in [5.74, 6) is 0.585. The highest BCUT2D eigenvalue weighted by Gasteiger charge is 2.29. The maximum Gasteiger partial charge on any atom is 0.224 e. The van der Waals surface area contributed by atoms with E-state index in [1.165, 1.54) is 12.3 Å². The number of fused-ring (bicyclic) bond motifs is 1. The summed E-state index contributed by atoms with van der Waals surface area (Å²) in [6.07, 6.45) is 8.59. The third-order valence-electron chi connectivity index (χ3n) is 7.03. The highest BCUT2D eigenvalue weighted by atomic mass is 32.2. The minimum Gasteiger partial charge on any atom is -0.393 e. The molecule has 0 atom stereocenters. The average molecular weight is 518 g/mol. The summed E-state index contributed by atoms with van der Waals surface area (Å²) in [6.45, 7) is 0. The molecule has 0 bridgehead atoms. The number of nitrogens with zero attached hydrogens (tertiary/aromatic N) is 4. The fraction of sp³-hybridized carbons (Fsp3) is 0.542. The van der Waals surface area contributed by atoms with E-state index in [4.69, 9.17) is 4.98 Å². The first-order valence-corrected chi connectivity index (χ1v) is 14.3. The lowest BCUT2D eigenvalue weighted by atomic mass is 9.91. The Labute approximate surface area is 209 Å². The van der Waals surface area contributed by atoms with Crippen LogP contribution in [0, 0.1) is 5.82 Å². The van der Waals surface area contributed by atoms with Crippen molar-refractivity contribution in [2.75, 3.05) is 16.9 Å². The van der Waals surface area contributed by atoms with Gasteiger partial charge in [-0.05, 0) is 63.5 Å². The summed E-state index contributed by atoms with van der Waals surface area (Å²) in [6, 6.07) is 6.52. The molecule has 0 saturated heterocycles. The van der Waals surface area contributed by atoms with Gasteiger partial charge in [-0.2, -0.15) is 4.98 Å². The van der Waals surface area contributed by atoms with E-state index in [1.54, 1.807) is 24.4 Å². The van der Waals surface area contributed by atoms with E-state index in [0.717, 1.165) is 38.5 Å². The van der Waals surface area contributed by atoms with E-state index in [9.17, 15) is 17.9 Å². The molecule has 3 aromatic rings. The van der Waals surface area contributed by atoms with Gasteiger partial charge in [0, 0.05) is 18.1 Å². The highest BCUT2D eigenvalue weighted by molar-refractivity contribution is 7.88. The van der Waals surface area contributed by atoms with E-state index in [-0.39, 0.29) is 30.0 Å². The lowest BCUT2D eigenvalue weighted by Gasteiger charge is -2.30. The van der Waals surface area contributed by atoms with Gasteiger partial charge < -0.3 is 15.7 Å². The number of hydrogen-bond donors (Lipinski definition) is 4. The highest BCUT2D eigenvalue weighted by Crippen LogP contribution is 2.35. The Morgan fingerprint density at radius 1 is 1.00 bits per heavy atom. The van der Waals surface area contributed by atoms with Crippen LogP contribution in [-0.2, 0) is 10.0 Å². The van der Waals surface area contributed by atoms with Crippen molar-refractivity contribution in [3.05, 3.63) is 36.3 Å². The maximum absolute atomic E-state index is 14.4. The van der Waals surface area contributed by atoms with E-state index >= 15 is 0 Å². The van der Waals surface area contributed by atoms with Gasteiger partial charge in [-0.1, -0.05) is 12.1 Å². The van der Waals surface area contributed by atoms with Crippen molar-refractivity contribution in [3.8, 4) is 0 Å². The number of aliphatic hydroxyl groups is 1. The van der Waals surface area contributed by atoms with Crippen molar-refractivity contribution in [1.82, 2.24) is 24.2 Å². The first kappa shape index (κ1) is 24.8. The number of aliphatic hydroxyl groups excluding tert-OH is 1. The van der Waals surface area contributed by atoms with E-state index in [2.05, 4.69) is 25.3 Å². The second-order valence-corrected chi connectivity index (χ2v) is 11.6. The van der Waals surface area contributed by atoms with Crippen molar-refractivity contribution in [2.24, 2.45) is 0 Å². The molecule has 1 aromatic carbocycles. The summed E-state index contributed by atoms with van der Waals surface area (Å²) < 4.78 is 42.5. The summed E-state index contributed by atoms with van der Waals surface area (Å²) >= 11 is 0. The van der Waals surface area contributed by atoms with Crippen LogP contribution < -0.4 is 15.4 Å². The predicted molar refractivity (Wildman–Crippen MR) is 136 cm³/mol. The molecule has 2 fully saturated rings. The molecule has 12 heteroatoms. The molecule has 0 unspecified atom stereocenters. The van der Waals surface area contributed by atoms with E-state index in [1.807, 2.05) is 4.57 Å². The number of para-hydroxylation sites is 1. The van der Waals surface area contributed by atoms with Crippen molar-refractivity contribution in [1.29, 1.82) is 0 Å². The predicted octanol–water partition coefficient (Wildman–Crippen LogP) is 3.46. The summed E-state index contributed by atoms with van der Waals surface area (Å²) in [5.41, 5.74) is 1.55. The molecule has 10 nitrogen and oxygen atoms in total. The molecule has 2 saturated carbocycles. The molecule has 0 spiro atoms. The SMILES string of the molecule is CS(=O)(=O)NC1CCC(n2c(Nc3ccccc3F)nc3cnc(NC4CCC(O)CC4)nc32)CC1. The fourth-order valence-corrected chi connectivity index (χ4v) is 6.08. The molecule has 4 N–H and O–H groups in total. The van der Waals surface area contributed by atoms with Gasteiger partial charge in [-0.15, -0.1) is 0 Å². The minimum absolute atomic E-state index is 0.00876. The second kappa shape index (κ2) is 10.3. The van der Waals surface area contributed by atoms with Crippen LogP contribution in [0.2, 0.25) is 0 Å². The van der Waals surface area contributed by atoms with Crippen LogP contribution in [0.25, 0.3) is 11.2 Å². The molecule has 0 radical (unpaired) electrons. The third-order valence-corrected chi connectivity index (χ3v) is 7.79. The van der Waals surface area contributed by atoms with Crippen LogP contribution in [0.4, 0.5) is 22.0 Å². The quantitative estimate of drug-likeness (QED) is 0.374. The van der Waals surface area contributed by atoms with Crippen molar-refractivity contribution < 1.29 is 17.9 Å². The standard InChI is InChI=1S/C24H32FN7O3S/c1-36(34,35)31-16-6-10-17(11-7-16)32-22-21(29-24(32)28-20-5-3-2-4-19(20)25)14-26-23(30-22)27-15-8-12-18(33)13-9-15/h2-5,14-18,31,33H,6-13H2,1H3,(H,28,29)(H,26,27,30). The van der Waals surface area contributed by atoms with Crippen LogP contribution in [0.5, 0.6) is 0 Å². The average Bonchev–Trinajstić information content (AvgIpc) is 3.19. The van der Waals surface area contributed by atoms with Crippen LogP contribution in [-0.4, -0.2) is 57.5 Å². The zero-order valence-electron chi connectivity index (χ0n) is 20.2. The first-order valence-electron chi connectivity index (χ1n) is 12.4. The molecule has 0 aliphatic heterocycles. The van der Waals surface area contributed by atoms with Crippen molar-refractivity contribution >= 4 is 38.8 Å². The Morgan fingerprint density at radius 2 is 1.69 bits per heavy atom. The van der Waals surface area contributed by atoms with E-state index in [0.29, 0.717) is 41.6 Å². The fourth-order valence-electron chi connectivity index (χ4n) is 5.23. The van der Waals surface area contributed by atoms with Crippen LogP contribution in [0.3, 0.4) is 0 Å². The number of sulfonamides is 1. The van der Waals surface area contributed by atoms with Gasteiger partial charge in [-0.3, -0.25) is 4.57 Å². The monoisotopic (exact) mass is 517 g/mol. The normalized spacial score (nSPS) is 25.1. The van der Waals surface area contributed by atoms with Gasteiger partial charge in [-0.25, -0.2) is 27.5 Å². The second-order valence-electron chi connectivity index (χ2n) is 9.86. The number of aromatic nitrogens is 4. The largest absolute Gasteiger partial charge is 0.393 e. The Kier molecular flexibility index (Phi) is 7.09. The number of rotatable bonds is 7. The molecular weight excluding hydrogens is 485 g/mol. The number of imidazole rings is 1. The summed E-state index contributed by atoms with van der Waals surface area (Å²) in [7, 11) is -3.27. The van der Waals surface area contributed by atoms with Crippen LogP contribution in [0.1, 0.15) is 57.4 Å². The molecule has 2 heterocycles. The number of anilines is 3. The molecule has 2 aliphatic rings.